The number of ether oxygens (including phenoxy) is 2. The van der Waals surface area contributed by atoms with E-state index in [9.17, 15) is 24.1 Å². The summed E-state index contributed by atoms with van der Waals surface area (Å²) >= 11 is 1.23. The number of aliphatic hydroxyl groups excluding tert-OH is 1. The summed E-state index contributed by atoms with van der Waals surface area (Å²) in [6.45, 7) is 6.43. The van der Waals surface area contributed by atoms with E-state index < -0.39 is 49.5 Å². The number of aromatic nitrogens is 2. The summed E-state index contributed by atoms with van der Waals surface area (Å²) in [5, 5.41) is 12.1. The Bertz CT molecular complexity index is 992. The predicted octanol–water partition coefficient (Wildman–Crippen LogP) is 1.46. The van der Waals surface area contributed by atoms with Gasteiger partial charge < -0.3 is 20.3 Å². The zero-order valence-electron chi connectivity index (χ0n) is 20.8. The maximum absolute atomic E-state index is 13.6. The van der Waals surface area contributed by atoms with E-state index in [-0.39, 0.29) is 49.6 Å². The number of nitrogens with two attached hydrogens (primary N) is 1. The molecule has 5 atom stereocenters. The van der Waals surface area contributed by atoms with Crippen LogP contribution in [0.2, 0.25) is 0 Å². The number of esters is 2. The maximum atomic E-state index is 13.6. The molecule has 1 aliphatic heterocycles. The number of hydrogen-bond acceptors (Lipinski definition) is 12. The van der Waals surface area contributed by atoms with Gasteiger partial charge in [0.2, 0.25) is 0 Å². The normalized spacial score (nSPS) is 22.2. The Morgan fingerprint density at radius 1 is 1.31 bits per heavy atom. The van der Waals surface area contributed by atoms with E-state index in [0.717, 1.165) is 0 Å². The molecule has 36 heavy (non-hydrogen) atoms. The fourth-order valence-electron chi connectivity index (χ4n) is 3.45. The number of hydrogen-bond donors (Lipinski definition) is 3. The molecule has 0 radical (unpaired) electrons. The first kappa shape index (κ1) is 30.3. The Kier molecular flexibility index (Phi) is 11.9. The molecule has 0 bridgehead atoms. The van der Waals surface area contributed by atoms with Gasteiger partial charge >= 0.3 is 25.4 Å². The third-order valence-corrected chi connectivity index (χ3v) is 8.09. The highest BCUT2D eigenvalue weighted by Crippen LogP contribution is 2.48. The molecule has 0 aliphatic carbocycles. The molecule has 0 saturated carbocycles. The summed E-state index contributed by atoms with van der Waals surface area (Å²) < 4.78 is 35.7. The lowest BCUT2D eigenvalue weighted by Crippen LogP contribution is -2.38. The van der Waals surface area contributed by atoms with Crippen molar-refractivity contribution >= 4 is 37.3 Å². The number of carbonyl (C=O) groups is 2. The van der Waals surface area contributed by atoms with Crippen LogP contribution in [0.4, 0.5) is 5.82 Å². The number of nitrogens with one attached hydrogen (secondary N) is 1. The van der Waals surface area contributed by atoms with Crippen molar-refractivity contribution in [3.8, 4) is 0 Å². The number of nitrogen functional groups attached to an aromatic ring is 1. The van der Waals surface area contributed by atoms with Crippen LogP contribution in [-0.4, -0.2) is 70.4 Å². The Morgan fingerprint density at radius 2 is 2.00 bits per heavy atom. The van der Waals surface area contributed by atoms with E-state index in [1.54, 1.807) is 13.8 Å². The molecule has 204 valence electrons. The highest BCUT2D eigenvalue weighted by molar-refractivity contribution is 8.00. The van der Waals surface area contributed by atoms with Crippen LogP contribution in [0, 0.1) is 5.92 Å². The number of anilines is 1. The van der Waals surface area contributed by atoms with Crippen molar-refractivity contribution in [3.05, 3.63) is 22.7 Å². The molecule has 2 heterocycles. The first-order valence-electron chi connectivity index (χ1n) is 11.6. The second-order valence-corrected chi connectivity index (χ2v) is 11.6. The lowest BCUT2D eigenvalue weighted by atomic mass is 10.1. The largest absolute Gasteiger partial charge is 0.465 e. The number of carbonyl (C=O) groups excluding carboxylic acids is 2. The van der Waals surface area contributed by atoms with Gasteiger partial charge in [-0.25, -0.2) is 19.2 Å². The fourth-order valence-corrected chi connectivity index (χ4v) is 6.45. The summed E-state index contributed by atoms with van der Waals surface area (Å²) in [5.74, 6) is -1.27. The Balaban J connectivity index is 2.14. The number of thioether (sulfide) groups is 1. The van der Waals surface area contributed by atoms with E-state index in [1.165, 1.54) is 28.6 Å². The molecule has 1 aromatic heterocycles. The second kappa shape index (κ2) is 14.1. The lowest BCUT2D eigenvalue weighted by Gasteiger charge is -2.25. The van der Waals surface area contributed by atoms with Gasteiger partial charge in [-0.3, -0.25) is 18.4 Å². The molecule has 13 nitrogen and oxygen atoms in total. The van der Waals surface area contributed by atoms with E-state index in [0.29, 0.717) is 0 Å². The van der Waals surface area contributed by atoms with Crippen molar-refractivity contribution < 1.29 is 37.8 Å². The van der Waals surface area contributed by atoms with Gasteiger partial charge in [-0.2, -0.15) is 4.98 Å². The third-order valence-electron chi connectivity index (χ3n) is 4.97. The topological polar surface area (TPSA) is 181 Å². The summed E-state index contributed by atoms with van der Waals surface area (Å²) in [7, 11) is -4.21. The standard InChI is InChI=1S/C21H35N4O9PS/c1-5-31-18(27)12-34-35(30,24-15(9-13(3)4)20(28)32-6-2)33-11-14-10-16(26)19(36-14)25-8-7-17(22)23-21(25)29/h7-8,13-16,19,26H,5-6,9-12H2,1-4H3,(H,24,30)(H2,22,23,29)/t14-,15-,16-,19+,35?/m0/s1. The number of rotatable bonds is 14. The van der Waals surface area contributed by atoms with Crippen LogP contribution in [0.5, 0.6) is 0 Å². The van der Waals surface area contributed by atoms with Gasteiger partial charge in [-0.05, 0) is 38.7 Å². The van der Waals surface area contributed by atoms with Crippen LogP contribution >= 0.6 is 19.5 Å². The van der Waals surface area contributed by atoms with Crippen LogP contribution in [-0.2, 0) is 32.7 Å². The van der Waals surface area contributed by atoms with Crippen LogP contribution < -0.4 is 16.5 Å². The van der Waals surface area contributed by atoms with Gasteiger partial charge in [0.05, 0.1) is 25.9 Å². The first-order chi connectivity index (χ1) is 17.0. The zero-order valence-corrected chi connectivity index (χ0v) is 22.5. The van der Waals surface area contributed by atoms with Gasteiger partial charge in [0.15, 0.2) is 6.61 Å². The first-order valence-corrected chi connectivity index (χ1v) is 14.1. The van der Waals surface area contributed by atoms with Gasteiger partial charge in [-0.1, -0.05) is 13.8 Å². The number of nitrogens with zero attached hydrogens (tertiary/aromatic N) is 2. The predicted molar refractivity (Wildman–Crippen MR) is 133 cm³/mol. The second-order valence-electron chi connectivity index (χ2n) is 8.43. The van der Waals surface area contributed by atoms with E-state index >= 15 is 0 Å². The molecule has 1 unspecified atom stereocenters. The molecule has 0 spiro atoms. The van der Waals surface area contributed by atoms with E-state index in [2.05, 4.69) is 10.1 Å². The Hall–Kier alpha value is -1.96. The third kappa shape index (κ3) is 9.16. The molecule has 1 aromatic rings. The van der Waals surface area contributed by atoms with Crippen molar-refractivity contribution in [3.63, 3.8) is 0 Å². The van der Waals surface area contributed by atoms with Crippen molar-refractivity contribution in [1.82, 2.24) is 14.6 Å². The fraction of sp³-hybridized carbons (Fsp3) is 0.714. The average molecular weight is 551 g/mol. The lowest BCUT2D eigenvalue weighted by molar-refractivity contribution is -0.145. The van der Waals surface area contributed by atoms with Crippen LogP contribution in [0.25, 0.3) is 0 Å². The smallest absolute Gasteiger partial charge is 0.406 e. The minimum atomic E-state index is -4.21. The van der Waals surface area contributed by atoms with Gasteiger partial charge in [0.1, 0.15) is 17.2 Å². The Morgan fingerprint density at radius 3 is 2.61 bits per heavy atom. The summed E-state index contributed by atoms with van der Waals surface area (Å²) in [4.78, 5) is 40.1. The van der Waals surface area contributed by atoms with Crippen LogP contribution in [0.3, 0.4) is 0 Å². The molecule has 1 fully saturated rings. The monoisotopic (exact) mass is 550 g/mol. The average Bonchev–Trinajstić information content (AvgIpc) is 3.16. The molecule has 0 aromatic carbocycles. The SMILES string of the molecule is CCOC(=O)COP(=O)(N[C@@H](CC(C)C)C(=O)OCC)OC[C@@H]1C[C@H](O)[C@H](n2ccc(N)nc2=O)S1. The molecular weight excluding hydrogens is 515 g/mol. The minimum Gasteiger partial charge on any atom is -0.465 e. The van der Waals surface area contributed by atoms with Crippen LogP contribution in [0.15, 0.2) is 17.1 Å². The molecule has 4 N–H and O–H groups in total. The van der Waals surface area contributed by atoms with Gasteiger partial charge in [0.25, 0.3) is 0 Å². The highest BCUT2D eigenvalue weighted by atomic mass is 32.2. The number of aliphatic hydroxyl groups is 1. The Labute approximate surface area is 214 Å². The van der Waals surface area contributed by atoms with Gasteiger partial charge in [0, 0.05) is 11.4 Å². The summed E-state index contributed by atoms with van der Waals surface area (Å²) in [6.07, 6.45) is 1.03. The quantitative estimate of drug-likeness (QED) is 0.224. The zero-order chi connectivity index (χ0) is 26.9. The molecule has 0 amide bonds. The molecule has 1 aliphatic rings. The van der Waals surface area contributed by atoms with Crippen molar-refractivity contribution in [2.24, 2.45) is 5.92 Å². The van der Waals surface area contributed by atoms with E-state index in [1.807, 2.05) is 13.8 Å². The summed E-state index contributed by atoms with van der Waals surface area (Å²) in [5.41, 5.74) is 4.92. The van der Waals surface area contributed by atoms with Crippen molar-refractivity contribution in [1.29, 1.82) is 0 Å². The molecule has 15 heteroatoms. The molecule has 2 rings (SSSR count). The van der Waals surface area contributed by atoms with Crippen LogP contribution in [0.1, 0.15) is 45.9 Å². The summed E-state index contributed by atoms with van der Waals surface area (Å²) in [6, 6.07) is 0.441. The minimum absolute atomic E-state index is 0.0403. The van der Waals surface area contributed by atoms with E-state index in [4.69, 9.17) is 24.3 Å². The van der Waals surface area contributed by atoms with Crippen molar-refractivity contribution in [2.75, 3.05) is 32.2 Å². The maximum Gasteiger partial charge on any atom is 0.406 e. The van der Waals surface area contributed by atoms with Crippen molar-refractivity contribution in [2.45, 2.75) is 63.3 Å². The highest BCUT2D eigenvalue weighted by Gasteiger charge is 2.39. The molecular formula is C21H35N4O9PS. The van der Waals surface area contributed by atoms with Gasteiger partial charge in [-0.15, -0.1) is 11.8 Å². The molecule has 1 saturated heterocycles.